The van der Waals surface area contributed by atoms with Crippen LogP contribution in [0.5, 0.6) is 0 Å². The van der Waals surface area contributed by atoms with Gasteiger partial charge in [0.05, 0.1) is 0 Å². The van der Waals surface area contributed by atoms with Gasteiger partial charge in [0.15, 0.2) is 0 Å². The summed E-state index contributed by atoms with van der Waals surface area (Å²) in [7, 11) is 0. The second kappa shape index (κ2) is 6.15. The fourth-order valence-electron chi connectivity index (χ4n) is 1.71. The molecule has 0 bridgehead atoms. The smallest absolute Gasteiger partial charge is 0.220 e. The summed E-state index contributed by atoms with van der Waals surface area (Å²) < 4.78 is 0. The van der Waals surface area contributed by atoms with Crippen molar-refractivity contribution in [1.82, 2.24) is 10.3 Å². The number of nitrogens with zero attached hydrogens (tertiary/aromatic N) is 1. The van der Waals surface area contributed by atoms with Crippen molar-refractivity contribution in [2.45, 2.75) is 51.5 Å². The topological polar surface area (TPSA) is 68.0 Å². The van der Waals surface area contributed by atoms with Gasteiger partial charge in [-0.1, -0.05) is 19.9 Å². The average Bonchev–Trinajstić information content (AvgIpc) is 2.34. The van der Waals surface area contributed by atoms with Gasteiger partial charge in [-0.3, -0.25) is 9.78 Å². The standard InChI is InChI=1S/C15H25N3O/c1-14(2,12-6-5-9-17-10-12)11-18-13(19)7-8-15(3,4)16/h5-6,9-10H,7-8,11,16H2,1-4H3,(H,18,19). The highest BCUT2D eigenvalue weighted by atomic mass is 16.1. The van der Waals surface area contributed by atoms with Crippen molar-refractivity contribution < 1.29 is 4.79 Å². The Kier molecular flexibility index (Phi) is 5.06. The predicted molar refractivity (Wildman–Crippen MR) is 77.8 cm³/mol. The summed E-state index contributed by atoms with van der Waals surface area (Å²) >= 11 is 0. The molecule has 0 fully saturated rings. The molecule has 0 aromatic carbocycles. The zero-order valence-corrected chi connectivity index (χ0v) is 12.4. The molecule has 1 aromatic heterocycles. The van der Waals surface area contributed by atoms with Crippen LogP contribution < -0.4 is 11.1 Å². The van der Waals surface area contributed by atoms with Crippen LogP contribution >= 0.6 is 0 Å². The molecule has 1 aromatic rings. The lowest BCUT2D eigenvalue weighted by Gasteiger charge is -2.25. The third kappa shape index (κ3) is 5.83. The summed E-state index contributed by atoms with van der Waals surface area (Å²) in [6, 6.07) is 3.94. The summed E-state index contributed by atoms with van der Waals surface area (Å²) in [5.41, 5.74) is 6.57. The Morgan fingerprint density at radius 3 is 2.58 bits per heavy atom. The third-order valence-electron chi connectivity index (χ3n) is 3.17. The molecule has 0 aliphatic heterocycles. The highest BCUT2D eigenvalue weighted by Gasteiger charge is 2.22. The fourth-order valence-corrected chi connectivity index (χ4v) is 1.71. The monoisotopic (exact) mass is 263 g/mol. The number of carbonyl (C=O) groups excluding carboxylic acids is 1. The first-order valence-corrected chi connectivity index (χ1v) is 6.67. The molecule has 0 unspecified atom stereocenters. The number of hydrogen-bond acceptors (Lipinski definition) is 3. The van der Waals surface area contributed by atoms with Crippen LogP contribution in [0.25, 0.3) is 0 Å². The number of pyridine rings is 1. The van der Waals surface area contributed by atoms with Gasteiger partial charge in [0, 0.05) is 36.3 Å². The lowest BCUT2D eigenvalue weighted by atomic mass is 9.85. The molecule has 1 amide bonds. The van der Waals surface area contributed by atoms with Crippen LogP contribution in [0.4, 0.5) is 0 Å². The van der Waals surface area contributed by atoms with E-state index in [1.165, 1.54) is 0 Å². The maximum absolute atomic E-state index is 11.8. The van der Waals surface area contributed by atoms with E-state index in [0.29, 0.717) is 19.4 Å². The minimum Gasteiger partial charge on any atom is -0.355 e. The Bertz CT molecular complexity index is 407. The molecule has 3 N–H and O–H groups in total. The van der Waals surface area contributed by atoms with E-state index < -0.39 is 0 Å². The molecule has 0 aliphatic rings. The van der Waals surface area contributed by atoms with Crippen molar-refractivity contribution >= 4 is 5.91 Å². The van der Waals surface area contributed by atoms with Crippen molar-refractivity contribution in [3.8, 4) is 0 Å². The molecule has 4 nitrogen and oxygen atoms in total. The molecule has 0 spiro atoms. The van der Waals surface area contributed by atoms with Gasteiger partial charge in [0.25, 0.3) is 0 Å². The Morgan fingerprint density at radius 1 is 1.37 bits per heavy atom. The lowest BCUT2D eigenvalue weighted by molar-refractivity contribution is -0.121. The molecule has 1 heterocycles. The predicted octanol–water partition coefficient (Wildman–Crippen LogP) is 1.99. The van der Waals surface area contributed by atoms with Crippen molar-refractivity contribution in [2.24, 2.45) is 5.73 Å². The van der Waals surface area contributed by atoms with E-state index in [9.17, 15) is 4.79 Å². The van der Waals surface area contributed by atoms with Crippen LogP contribution in [0.1, 0.15) is 46.1 Å². The molecular formula is C15H25N3O. The van der Waals surface area contributed by atoms with E-state index in [1.807, 2.05) is 32.2 Å². The maximum atomic E-state index is 11.8. The molecule has 0 radical (unpaired) electrons. The normalized spacial score (nSPS) is 12.3. The lowest BCUT2D eigenvalue weighted by Crippen LogP contribution is -2.38. The van der Waals surface area contributed by atoms with E-state index in [-0.39, 0.29) is 16.9 Å². The third-order valence-corrected chi connectivity index (χ3v) is 3.17. The average molecular weight is 263 g/mol. The molecule has 106 valence electrons. The first kappa shape index (κ1) is 15.6. The Balaban J connectivity index is 2.45. The highest BCUT2D eigenvalue weighted by molar-refractivity contribution is 5.76. The van der Waals surface area contributed by atoms with Crippen molar-refractivity contribution in [2.75, 3.05) is 6.54 Å². The number of nitrogens with two attached hydrogens (primary N) is 1. The van der Waals surface area contributed by atoms with Crippen LogP contribution in [0, 0.1) is 0 Å². The second-order valence-electron chi connectivity index (χ2n) is 6.39. The van der Waals surface area contributed by atoms with E-state index in [4.69, 9.17) is 5.73 Å². The molecule has 0 saturated heterocycles. The van der Waals surface area contributed by atoms with Crippen molar-refractivity contribution in [3.63, 3.8) is 0 Å². The first-order valence-electron chi connectivity index (χ1n) is 6.67. The van der Waals surface area contributed by atoms with Gasteiger partial charge >= 0.3 is 0 Å². The second-order valence-corrected chi connectivity index (χ2v) is 6.39. The highest BCUT2D eigenvalue weighted by Crippen LogP contribution is 2.21. The van der Waals surface area contributed by atoms with Crippen molar-refractivity contribution in [3.05, 3.63) is 30.1 Å². The molecular weight excluding hydrogens is 238 g/mol. The van der Waals surface area contributed by atoms with Gasteiger partial charge < -0.3 is 11.1 Å². The van der Waals surface area contributed by atoms with E-state index in [2.05, 4.69) is 24.1 Å². The van der Waals surface area contributed by atoms with Crippen LogP contribution in [0.15, 0.2) is 24.5 Å². The van der Waals surface area contributed by atoms with Crippen LogP contribution in [-0.2, 0) is 10.2 Å². The van der Waals surface area contributed by atoms with Gasteiger partial charge in [0.2, 0.25) is 5.91 Å². The largest absolute Gasteiger partial charge is 0.355 e. The first-order chi connectivity index (χ1) is 8.71. The molecule has 0 saturated carbocycles. The summed E-state index contributed by atoms with van der Waals surface area (Å²) in [6.45, 7) is 8.65. The van der Waals surface area contributed by atoms with Gasteiger partial charge in [0.1, 0.15) is 0 Å². The van der Waals surface area contributed by atoms with E-state index in [1.54, 1.807) is 6.20 Å². The summed E-state index contributed by atoms with van der Waals surface area (Å²) in [5.74, 6) is 0.0514. The quantitative estimate of drug-likeness (QED) is 0.824. The minimum absolute atomic E-state index is 0.0514. The molecule has 1 rings (SSSR count). The van der Waals surface area contributed by atoms with Gasteiger partial charge in [-0.25, -0.2) is 0 Å². The van der Waals surface area contributed by atoms with Crippen LogP contribution in [0.3, 0.4) is 0 Å². The van der Waals surface area contributed by atoms with Crippen LogP contribution in [0.2, 0.25) is 0 Å². The Hall–Kier alpha value is -1.42. The van der Waals surface area contributed by atoms with E-state index >= 15 is 0 Å². The SMILES string of the molecule is CC(C)(N)CCC(=O)NCC(C)(C)c1cccnc1. The van der Waals surface area contributed by atoms with Gasteiger partial charge in [-0.15, -0.1) is 0 Å². The molecule has 0 aliphatic carbocycles. The van der Waals surface area contributed by atoms with Gasteiger partial charge in [-0.2, -0.15) is 0 Å². The maximum Gasteiger partial charge on any atom is 0.220 e. The summed E-state index contributed by atoms with van der Waals surface area (Å²) in [6.07, 6.45) is 4.75. The number of hydrogen-bond donors (Lipinski definition) is 2. The number of rotatable bonds is 6. The number of nitrogens with one attached hydrogen (secondary N) is 1. The van der Waals surface area contributed by atoms with Gasteiger partial charge in [-0.05, 0) is 31.9 Å². The Labute approximate surface area is 115 Å². The molecule has 4 heteroatoms. The number of amides is 1. The summed E-state index contributed by atoms with van der Waals surface area (Å²) in [5, 5.41) is 2.97. The minimum atomic E-state index is -0.295. The molecule has 19 heavy (non-hydrogen) atoms. The zero-order valence-electron chi connectivity index (χ0n) is 12.4. The Morgan fingerprint density at radius 2 is 2.05 bits per heavy atom. The molecule has 0 atom stereocenters. The fraction of sp³-hybridized carbons (Fsp3) is 0.600. The summed E-state index contributed by atoms with van der Waals surface area (Å²) in [4.78, 5) is 15.9. The van der Waals surface area contributed by atoms with Crippen LogP contribution in [-0.4, -0.2) is 23.0 Å². The number of aromatic nitrogens is 1. The van der Waals surface area contributed by atoms with Crippen molar-refractivity contribution in [1.29, 1.82) is 0 Å². The zero-order chi connectivity index (χ0) is 14.5. The van der Waals surface area contributed by atoms with E-state index in [0.717, 1.165) is 5.56 Å². The number of carbonyl (C=O) groups is 1.